The van der Waals surface area contributed by atoms with Gasteiger partial charge in [0.15, 0.2) is 0 Å². The van der Waals surface area contributed by atoms with Crippen molar-refractivity contribution in [3.63, 3.8) is 0 Å². The van der Waals surface area contributed by atoms with E-state index in [4.69, 9.17) is 4.74 Å². The molecule has 0 saturated heterocycles. The number of ether oxygens (including phenoxy) is 1. The Labute approximate surface area is 68.5 Å². The van der Waals surface area contributed by atoms with Gasteiger partial charge in [-0.25, -0.2) is 0 Å². The first-order chi connectivity index (χ1) is 4.43. The minimum atomic E-state index is 0. The van der Waals surface area contributed by atoms with Gasteiger partial charge in [-0.2, -0.15) is 13.5 Å². The van der Waals surface area contributed by atoms with E-state index < -0.39 is 0 Å². The van der Waals surface area contributed by atoms with Crippen LogP contribution in [0.2, 0.25) is 0 Å². The van der Waals surface area contributed by atoms with Gasteiger partial charge in [-0.15, -0.1) is 0 Å². The average Bonchev–Trinajstić information content (AvgIpc) is 1.91. The van der Waals surface area contributed by atoms with Crippen LogP contribution in [-0.4, -0.2) is 6.61 Å². The molecule has 0 radical (unpaired) electrons. The fourth-order valence-electron chi connectivity index (χ4n) is 0.683. The molecule has 1 aromatic rings. The Morgan fingerprint density at radius 3 is 2.30 bits per heavy atom. The highest BCUT2D eigenvalue weighted by molar-refractivity contribution is 7.59. The van der Waals surface area contributed by atoms with Crippen LogP contribution in [0.3, 0.4) is 0 Å². The van der Waals surface area contributed by atoms with Crippen LogP contribution in [-0.2, 0) is 0 Å². The Balaban J connectivity index is 0.000000810. The first-order valence-electron chi connectivity index (χ1n) is 3.11. The molecule has 0 heterocycles. The van der Waals surface area contributed by atoms with Crippen molar-refractivity contribution in [2.75, 3.05) is 6.61 Å². The third kappa shape index (κ3) is 2.78. The minimum Gasteiger partial charge on any atom is -0.494 e. The van der Waals surface area contributed by atoms with Crippen molar-refractivity contribution < 1.29 is 4.74 Å². The van der Waals surface area contributed by atoms with Gasteiger partial charge in [0.05, 0.1) is 6.61 Å². The molecule has 0 atom stereocenters. The molecular formula is C8H12OS. The van der Waals surface area contributed by atoms with E-state index in [1.807, 2.05) is 37.3 Å². The third-order valence-corrected chi connectivity index (χ3v) is 1.05. The summed E-state index contributed by atoms with van der Waals surface area (Å²) in [5, 5.41) is 0. The zero-order valence-electron chi connectivity index (χ0n) is 6.00. The largest absolute Gasteiger partial charge is 0.494 e. The van der Waals surface area contributed by atoms with Crippen LogP contribution in [0.4, 0.5) is 0 Å². The van der Waals surface area contributed by atoms with Crippen molar-refractivity contribution in [1.82, 2.24) is 0 Å². The number of hydrogen-bond donors (Lipinski definition) is 0. The lowest BCUT2D eigenvalue weighted by Gasteiger charge is -1.99. The summed E-state index contributed by atoms with van der Waals surface area (Å²) in [7, 11) is 0. The summed E-state index contributed by atoms with van der Waals surface area (Å²) >= 11 is 0. The molecule has 0 amide bonds. The number of para-hydroxylation sites is 1. The lowest BCUT2D eigenvalue weighted by Crippen LogP contribution is -1.89. The van der Waals surface area contributed by atoms with Gasteiger partial charge in [0.2, 0.25) is 0 Å². The quantitative estimate of drug-likeness (QED) is 0.638. The second-order valence-electron chi connectivity index (χ2n) is 1.75. The fourth-order valence-corrected chi connectivity index (χ4v) is 0.683. The summed E-state index contributed by atoms with van der Waals surface area (Å²) in [4.78, 5) is 0. The molecule has 0 spiro atoms. The number of rotatable bonds is 2. The molecule has 2 heteroatoms. The molecule has 10 heavy (non-hydrogen) atoms. The molecule has 0 aliphatic carbocycles. The SMILES string of the molecule is CCOc1ccccc1.S. The highest BCUT2D eigenvalue weighted by atomic mass is 32.1. The predicted octanol–water partition coefficient (Wildman–Crippen LogP) is 2.20. The molecule has 0 fully saturated rings. The number of benzene rings is 1. The van der Waals surface area contributed by atoms with Crippen molar-refractivity contribution in [1.29, 1.82) is 0 Å². The highest BCUT2D eigenvalue weighted by Crippen LogP contribution is 2.06. The summed E-state index contributed by atoms with van der Waals surface area (Å²) < 4.78 is 5.21. The van der Waals surface area contributed by atoms with E-state index >= 15 is 0 Å². The normalized spacial score (nSPS) is 8.10. The molecule has 0 aliphatic rings. The van der Waals surface area contributed by atoms with Crippen molar-refractivity contribution in [2.24, 2.45) is 0 Å². The summed E-state index contributed by atoms with van der Waals surface area (Å²) in [6.45, 7) is 2.72. The highest BCUT2D eigenvalue weighted by Gasteiger charge is 1.83. The Bertz CT molecular complexity index is 162. The zero-order chi connectivity index (χ0) is 6.53. The Morgan fingerprint density at radius 2 is 1.80 bits per heavy atom. The standard InChI is InChI=1S/C8H10O.H2S/c1-2-9-8-6-4-3-5-7-8;/h3-7H,2H2,1H3;1H2. The molecule has 0 N–H and O–H groups in total. The first-order valence-corrected chi connectivity index (χ1v) is 3.11. The molecule has 1 nitrogen and oxygen atoms in total. The van der Waals surface area contributed by atoms with E-state index in [1.165, 1.54) is 0 Å². The maximum Gasteiger partial charge on any atom is 0.119 e. The molecule has 0 saturated carbocycles. The smallest absolute Gasteiger partial charge is 0.119 e. The molecule has 56 valence electrons. The van der Waals surface area contributed by atoms with Crippen molar-refractivity contribution >= 4 is 13.5 Å². The van der Waals surface area contributed by atoms with Crippen molar-refractivity contribution in [3.8, 4) is 5.75 Å². The van der Waals surface area contributed by atoms with Gasteiger partial charge in [0.1, 0.15) is 5.75 Å². The Morgan fingerprint density at radius 1 is 1.20 bits per heavy atom. The monoisotopic (exact) mass is 156 g/mol. The predicted molar refractivity (Wildman–Crippen MR) is 48.0 cm³/mol. The fraction of sp³-hybridized carbons (Fsp3) is 0.250. The molecule has 0 bridgehead atoms. The van der Waals surface area contributed by atoms with Crippen molar-refractivity contribution in [2.45, 2.75) is 6.92 Å². The summed E-state index contributed by atoms with van der Waals surface area (Å²) in [5.41, 5.74) is 0. The van der Waals surface area contributed by atoms with Crippen LogP contribution in [0.25, 0.3) is 0 Å². The van der Waals surface area contributed by atoms with E-state index in [9.17, 15) is 0 Å². The topological polar surface area (TPSA) is 9.23 Å². The van der Waals surface area contributed by atoms with Crippen LogP contribution in [0.5, 0.6) is 5.75 Å². The second-order valence-corrected chi connectivity index (χ2v) is 1.75. The van der Waals surface area contributed by atoms with Crippen molar-refractivity contribution in [3.05, 3.63) is 30.3 Å². The van der Waals surface area contributed by atoms with Gasteiger partial charge in [0.25, 0.3) is 0 Å². The maximum absolute atomic E-state index is 5.21. The van der Waals surface area contributed by atoms with E-state index in [0.29, 0.717) is 0 Å². The average molecular weight is 156 g/mol. The summed E-state index contributed by atoms with van der Waals surface area (Å²) in [6, 6.07) is 9.80. The minimum absolute atomic E-state index is 0. The van der Waals surface area contributed by atoms with E-state index in [1.54, 1.807) is 0 Å². The van der Waals surface area contributed by atoms with Crippen LogP contribution in [0.15, 0.2) is 30.3 Å². The van der Waals surface area contributed by atoms with Gasteiger partial charge >= 0.3 is 0 Å². The second kappa shape index (κ2) is 5.18. The summed E-state index contributed by atoms with van der Waals surface area (Å²) in [6.07, 6.45) is 0. The van der Waals surface area contributed by atoms with Crippen LogP contribution >= 0.6 is 13.5 Å². The lowest BCUT2D eigenvalue weighted by atomic mass is 10.3. The summed E-state index contributed by atoms with van der Waals surface area (Å²) in [5.74, 6) is 0.944. The van der Waals surface area contributed by atoms with Crippen LogP contribution < -0.4 is 4.74 Å². The van der Waals surface area contributed by atoms with Crippen LogP contribution in [0.1, 0.15) is 6.92 Å². The zero-order valence-corrected chi connectivity index (χ0v) is 7.00. The van der Waals surface area contributed by atoms with Gasteiger partial charge in [-0.05, 0) is 19.1 Å². The third-order valence-electron chi connectivity index (χ3n) is 1.05. The van der Waals surface area contributed by atoms with E-state index in [0.717, 1.165) is 12.4 Å². The Hall–Kier alpha value is -0.630. The maximum atomic E-state index is 5.21. The molecule has 1 rings (SSSR count). The van der Waals surface area contributed by atoms with Gasteiger partial charge in [-0.1, -0.05) is 18.2 Å². The van der Waals surface area contributed by atoms with E-state index in [2.05, 4.69) is 0 Å². The van der Waals surface area contributed by atoms with Gasteiger partial charge in [0, 0.05) is 0 Å². The molecule has 0 aromatic heterocycles. The van der Waals surface area contributed by atoms with E-state index in [-0.39, 0.29) is 13.5 Å². The van der Waals surface area contributed by atoms with Gasteiger partial charge in [-0.3, -0.25) is 0 Å². The molecule has 0 unspecified atom stereocenters. The molecular weight excluding hydrogens is 144 g/mol. The lowest BCUT2D eigenvalue weighted by molar-refractivity contribution is 0.340. The van der Waals surface area contributed by atoms with Crippen LogP contribution in [0, 0.1) is 0 Å². The van der Waals surface area contributed by atoms with Gasteiger partial charge < -0.3 is 4.74 Å². The Kier molecular flexibility index (Phi) is 4.85. The first kappa shape index (κ1) is 9.37. The molecule has 1 aromatic carbocycles. The number of hydrogen-bond acceptors (Lipinski definition) is 1. The molecule has 0 aliphatic heterocycles.